The van der Waals surface area contributed by atoms with Gasteiger partial charge in [0.1, 0.15) is 0 Å². The highest BCUT2D eigenvalue weighted by molar-refractivity contribution is 5.99. The molecule has 3 nitrogen and oxygen atoms in total. The van der Waals surface area contributed by atoms with Crippen molar-refractivity contribution in [2.24, 2.45) is 0 Å². The molecule has 0 saturated heterocycles. The van der Waals surface area contributed by atoms with E-state index < -0.39 is 5.97 Å². The lowest BCUT2D eigenvalue weighted by atomic mass is 9.95. The molecule has 0 aliphatic heterocycles. The van der Waals surface area contributed by atoms with E-state index in [0.717, 1.165) is 36.0 Å². The highest BCUT2D eigenvalue weighted by Gasteiger charge is 2.19. The first-order valence-electron chi connectivity index (χ1n) is 5.95. The average molecular weight is 232 g/mol. The van der Waals surface area contributed by atoms with Crippen molar-refractivity contribution in [1.29, 1.82) is 0 Å². The van der Waals surface area contributed by atoms with Crippen LogP contribution in [0.5, 0.6) is 0 Å². The van der Waals surface area contributed by atoms with Crippen LogP contribution in [0.25, 0.3) is 0 Å². The summed E-state index contributed by atoms with van der Waals surface area (Å²) in [5.74, 6) is -0.947. The van der Waals surface area contributed by atoms with E-state index in [2.05, 4.69) is 6.07 Å². The Kier molecular flexibility index (Phi) is 3.27. The third-order valence-electron chi connectivity index (χ3n) is 3.23. The van der Waals surface area contributed by atoms with Crippen molar-refractivity contribution in [3.63, 3.8) is 0 Å². The molecule has 0 fully saturated rings. The number of ketones is 1. The first-order chi connectivity index (χ1) is 8.08. The molecule has 1 aromatic rings. The molecule has 0 radical (unpaired) electrons. The van der Waals surface area contributed by atoms with Crippen LogP contribution in [-0.2, 0) is 17.6 Å². The summed E-state index contributed by atoms with van der Waals surface area (Å²) in [5, 5.41) is 8.61. The number of hydrogen-bond acceptors (Lipinski definition) is 2. The quantitative estimate of drug-likeness (QED) is 0.811. The van der Waals surface area contributed by atoms with Crippen LogP contribution in [0.3, 0.4) is 0 Å². The predicted octanol–water partition coefficient (Wildman–Crippen LogP) is 2.53. The largest absolute Gasteiger partial charge is 0.481 e. The number of aliphatic carboxylic acids is 1. The number of hydrogen-bond donors (Lipinski definition) is 1. The Balaban J connectivity index is 2.26. The summed E-state index contributed by atoms with van der Waals surface area (Å²) in [6, 6.07) is 4.03. The standard InChI is InChI=1S/C14H16O3/c1-9-7-10-3-2-4-11(10)12(8-9)13(15)5-6-14(16)17/h7-8H,2-6H2,1H3,(H,16,17). The van der Waals surface area contributed by atoms with E-state index in [1.54, 1.807) is 0 Å². The van der Waals surface area contributed by atoms with E-state index >= 15 is 0 Å². The fourth-order valence-electron chi connectivity index (χ4n) is 2.47. The van der Waals surface area contributed by atoms with Gasteiger partial charge in [-0.3, -0.25) is 9.59 Å². The third-order valence-corrected chi connectivity index (χ3v) is 3.23. The number of aryl methyl sites for hydroxylation is 2. The third kappa shape index (κ3) is 2.54. The molecule has 0 heterocycles. The van der Waals surface area contributed by atoms with E-state index in [4.69, 9.17) is 5.11 Å². The number of carboxylic acid groups (broad SMARTS) is 1. The summed E-state index contributed by atoms with van der Waals surface area (Å²) in [5.41, 5.74) is 4.25. The molecule has 1 aromatic carbocycles. The van der Waals surface area contributed by atoms with Gasteiger partial charge >= 0.3 is 5.97 Å². The van der Waals surface area contributed by atoms with E-state index in [1.807, 2.05) is 13.0 Å². The van der Waals surface area contributed by atoms with Crippen molar-refractivity contribution in [3.05, 3.63) is 34.4 Å². The van der Waals surface area contributed by atoms with Crippen LogP contribution >= 0.6 is 0 Å². The summed E-state index contributed by atoms with van der Waals surface area (Å²) in [6.07, 6.45) is 3.10. The molecule has 2 rings (SSSR count). The smallest absolute Gasteiger partial charge is 0.303 e. The predicted molar refractivity (Wildman–Crippen MR) is 64.4 cm³/mol. The maximum Gasteiger partial charge on any atom is 0.303 e. The van der Waals surface area contributed by atoms with Gasteiger partial charge in [-0.05, 0) is 43.4 Å². The van der Waals surface area contributed by atoms with Crippen LogP contribution in [0.15, 0.2) is 12.1 Å². The maximum absolute atomic E-state index is 12.0. The normalized spacial score (nSPS) is 13.5. The zero-order valence-corrected chi connectivity index (χ0v) is 9.95. The van der Waals surface area contributed by atoms with Crippen molar-refractivity contribution in [3.8, 4) is 0 Å². The molecule has 0 saturated carbocycles. The number of carbonyl (C=O) groups excluding carboxylic acids is 1. The molecule has 0 amide bonds. The topological polar surface area (TPSA) is 54.4 Å². The molecular weight excluding hydrogens is 216 g/mol. The van der Waals surface area contributed by atoms with Gasteiger partial charge in [0.05, 0.1) is 6.42 Å². The Bertz CT molecular complexity index is 475. The minimum atomic E-state index is -0.914. The number of carbonyl (C=O) groups is 2. The van der Waals surface area contributed by atoms with Crippen molar-refractivity contribution in [1.82, 2.24) is 0 Å². The second-order valence-corrected chi connectivity index (χ2v) is 4.62. The van der Waals surface area contributed by atoms with Crippen molar-refractivity contribution < 1.29 is 14.7 Å². The van der Waals surface area contributed by atoms with Gasteiger partial charge in [-0.2, -0.15) is 0 Å². The van der Waals surface area contributed by atoms with Gasteiger partial charge in [0, 0.05) is 12.0 Å². The van der Waals surface area contributed by atoms with Crippen molar-refractivity contribution in [2.45, 2.75) is 39.0 Å². The molecule has 1 aliphatic rings. The van der Waals surface area contributed by atoms with Gasteiger partial charge in [-0.15, -0.1) is 0 Å². The summed E-state index contributed by atoms with van der Waals surface area (Å²) >= 11 is 0. The van der Waals surface area contributed by atoms with E-state index in [1.165, 1.54) is 5.56 Å². The van der Waals surface area contributed by atoms with Gasteiger partial charge in [0.25, 0.3) is 0 Å². The molecule has 0 spiro atoms. The zero-order chi connectivity index (χ0) is 12.4. The van der Waals surface area contributed by atoms with E-state index in [0.29, 0.717) is 0 Å². The van der Waals surface area contributed by atoms with Crippen LogP contribution in [0.2, 0.25) is 0 Å². The van der Waals surface area contributed by atoms with Crippen LogP contribution < -0.4 is 0 Å². The van der Waals surface area contributed by atoms with Crippen molar-refractivity contribution >= 4 is 11.8 Å². The Hall–Kier alpha value is -1.64. The molecule has 0 unspecified atom stereocenters. The Morgan fingerprint density at radius 3 is 2.71 bits per heavy atom. The summed E-state index contributed by atoms with van der Waals surface area (Å²) in [4.78, 5) is 22.5. The molecule has 3 heteroatoms. The molecule has 1 N–H and O–H groups in total. The Labute approximate surface area is 100 Å². The number of fused-ring (bicyclic) bond motifs is 1. The van der Waals surface area contributed by atoms with Crippen LogP contribution in [0, 0.1) is 6.92 Å². The van der Waals surface area contributed by atoms with Crippen LogP contribution in [0.4, 0.5) is 0 Å². The lowest BCUT2D eigenvalue weighted by Gasteiger charge is -2.08. The van der Waals surface area contributed by atoms with Gasteiger partial charge in [-0.25, -0.2) is 0 Å². The number of benzene rings is 1. The highest BCUT2D eigenvalue weighted by Crippen LogP contribution is 2.27. The Morgan fingerprint density at radius 1 is 1.24 bits per heavy atom. The lowest BCUT2D eigenvalue weighted by Crippen LogP contribution is -2.07. The molecule has 0 atom stereocenters. The minimum absolute atomic E-state index is 0.0331. The highest BCUT2D eigenvalue weighted by atomic mass is 16.4. The summed E-state index contributed by atoms with van der Waals surface area (Å²) in [7, 11) is 0. The zero-order valence-electron chi connectivity index (χ0n) is 9.95. The first-order valence-corrected chi connectivity index (χ1v) is 5.95. The number of rotatable bonds is 4. The van der Waals surface area contributed by atoms with Crippen molar-refractivity contribution in [2.75, 3.05) is 0 Å². The van der Waals surface area contributed by atoms with E-state index in [9.17, 15) is 9.59 Å². The molecular formula is C14H16O3. The fraction of sp³-hybridized carbons (Fsp3) is 0.429. The summed E-state index contributed by atoms with van der Waals surface area (Å²) < 4.78 is 0. The Morgan fingerprint density at radius 2 is 2.00 bits per heavy atom. The number of Topliss-reactive ketones (excluding diaryl/α,β-unsaturated/α-hetero) is 1. The van der Waals surface area contributed by atoms with Gasteiger partial charge < -0.3 is 5.11 Å². The van der Waals surface area contributed by atoms with Crippen LogP contribution in [0.1, 0.15) is 46.3 Å². The molecule has 0 bridgehead atoms. The van der Waals surface area contributed by atoms with E-state index in [-0.39, 0.29) is 18.6 Å². The number of carboxylic acids is 1. The average Bonchev–Trinajstić information content (AvgIpc) is 2.72. The SMILES string of the molecule is Cc1cc2c(c(C(=O)CCC(=O)O)c1)CCC2. The molecule has 0 aromatic heterocycles. The second-order valence-electron chi connectivity index (χ2n) is 4.62. The van der Waals surface area contributed by atoms with Gasteiger partial charge in [0.15, 0.2) is 5.78 Å². The van der Waals surface area contributed by atoms with Gasteiger partial charge in [0.2, 0.25) is 0 Å². The second kappa shape index (κ2) is 4.70. The fourth-order valence-corrected chi connectivity index (χ4v) is 2.47. The first kappa shape index (κ1) is 11.8. The summed E-state index contributed by atoms with van der Waals surface area (Å²) in [6.45, 7) is 1.98. The molecule has 17 heavy (non-hydrogen) atoms. The lowest BCUT2D eigenvalue weighted by molar-refractivity contribution is -0.136. The monoisotopic (exact) mass is 232 g/mol. The molecule has 90 valence electrons. The maximum atomic E-state index is 12.0. The van der Waals surface area contributed by atoms with Gasteiger partial charge in [-0.1, -0.05) is 11.6 Å². The molecule has 1 aliphatic carbocycles. The minimum Gasteiger partial charge on any atom is -0.481 e. The van der Waals surface area contributed by atoms with Crippen LogP contribution in [-0.4, -0.2) is 16.9 Å².